The lowest BCUT2D eigenvalue weighted by Gasteiger charge is -2.43. The Labute approximate surface area is 192 Å². The third-order valence-electron chi connectivity index (χ3n) is 6.23. The van der Waals surface area contributed by atoms with Crippen molar-refractivity contribution in [1.29, 1.82) is 0 Å². The number of amides is 2. The average Bonchev–Trinajstić information content (AvgIpc) is 2.81. The van der Waals surface area contributed by atoms with Gasteiger partial charge in [-0.1, -0.05) is 30.3 Å². The molecule has 2 aromatic rings. The van der Waals surface area contributed by atoms with Crippen LogP contribution in [-0.2, 0) is 9.59 Å². The van der Waals surface area contributed by atoms with Crippen LogP contribution in [0.5, 0.6) is 11.5 Å². The van der Waals surface area contributed by atoms with E-state index in [-0.39, 0.29) is 37.2 Å². The summed E-state index contributed by atoms with van der Waals surface area (Å²) >= 11 is 0. The number of Topliss-reactive ketones (excluding diaryl/α,β-unsaturated/α-hetero) is 1. The number of hydrogen-bond acceptors (Lipinski definition) is 6. The monoisotopic (exact) mass is 452 g/mol. The molecule has 2 heterocycles. The van der Waals surface area contributed by atoms with Crippen LogP contribution < -0.4 is 14.8 Å². The zero-order valence-electron chi connectivity index (χ0n) is 18.6. The van der Waals surface area contributed by atoms with Gasteiger partial charge in [0.25, 0.3) is 5.91 Å². The van der Waals surface area contributed by atoms with Crippen molar-refractivity contribution < 1.29 is 29.0 Å². The van der Waals surface area contributed by atoms with Gasteiger partial charge in [-0.05, 0) is 17.7 Å². The smallest absolute Gasteiger partial charge is 0.258 e. The van der Waals surface area contributed by atoms with Crippen LogP contribution in [0.1, 0.15) is 48.2 Å². The van der Waals surface area contributed by atoms with Crippen molar-refractivity contribution in [2.24, 2.45) is 0 Å². The number of nitrogens with zero attached hydrogens (tertiary/aromatic N) is 1. The van der Waals surface area contributed by atoms with Crippen molar-refractivity contribution in [1.82, 2.24) is 10.2 Å². The molecule has 174 valence electrons. The van der Waals surface area contributed by atoms with Gasteiger partial charge in [-0.15, -0.1) is 0 Å². The highest BCUT2D eigenvalue weighted by Crippen LogP contribution is 2.40. The highest BCUT2D eigenvalue weighted by molar-refractivity contribution is 6.00. The molecule has 1 saturated heterocycles. The maximum atomic E-state index is 12.7. The predicted octanol–water partition coefficient (Wildman–Crippen LogP) is 2.26. The fraction of sp³-hybridized carbons (Fsp3) is 0.400. The molecule has 0 unspecified atom stereocenters. The Hall–Kier alpha value is -3.39. The Balaban J connectivity index is 1.33. The predicted molar refractivity (Wildman–Crippen MR) is 120 cm³/mol. The molecule has 8 nitrogen and oxygen atoms in total. The Kier molecular flexibility index (Phi) is 6.65. The number of aliphatic hydroxyl groups excluding tert-OH is 1. The summed E-state index contributed by atoms with van der Waals surface area (Å²) in [6.07, 6.45) is 0.672. The lowest BCUT2D eigenvalue weighted by atomic mass is 9.82. The third-order valence-corrected chi connectivity index (χ3v) is 6.23. The van der Waals surface area contributed by atoms with Gasteiger partial charge in [0.05, 0.1) is 18.1 Å². The summed E-state index contributed by atoms with van der Waals surface area (Å²) in [6.45, 7) is 2.51. The number of nitrogens with one attached hydrogen (secondary N) is 1. The fourth-order valence-corrected chi connectivity index (χ4v) is 4.28. The summed E-state index contributed by atoms with van der Waals surface area (Å²) in [5.74, 6) is 0.524. The van der Waals surface area contributed by atoms with Crippen molar-refractivity contribution in [3.05, 3.63) is 59.7 Å². The zero-order valence-corrected chi connectivity index (χ0v) is 18.6. The minimum Gasteiger partial charge on any atom is -0.486 e. The van der Waals surface area contributed by atoms with Crippen LogP contribution in [0, 0.1) is 0 Å². The molecule has 2 aliphatic rings. The summed E-state index contributed by atoms with van der Waals surface area (Å²) in [4.78, 5) is 38.3. The van der Waals surface area contributed by atoms with E-state index in [0.717, 1.165) is 5.56 Å². The number of likely N-dealkylation sites (tertiary alicyclic amines) is 1. The van der Waals surface area contributed by atoms with Gasteiger partial charge in [-0.2, -0.15) is 0 Å². The van der Waals surface area contributed by atoms with Gasteiger partial charge in [0.2, 0.25) is 5.91 Å². The number of piperidine rings is 1. The van der Waals surface area contributed by atoms with E-state index in [0.29, 0.717) is 43.0 Å². The average molecular weight is 453 g/mol. The molecule has 4 rings (SSSR count). The molecule has 0 aliphatic carbocycles. The lowest BCUT2D eigenvalue weighted by Crippen LogP contribution is -2.51. The second-order valence-electron chi connectivity index (χ2n) is 8.57. The van der Waals surface area contributed by atoms with E-state index in [1.807, 2.05) is 18.2 Å². The molecule has 2 aromatic carbocycles. The Morgan fingerprint density at radius 3 is 2.61 bits per heavy atom. The topological polar surface area (TPSA) is 105 Å². The molecule has 0 saturated carbocycles. The number of hydrogen-bond donors (Lipinski definition) is 2. The largest absolute Gasteiger partial charge is 0.486 e. The molecule has 8 heteroatoms. The van der Waals surface area contributed by atoms with Gasteiger partial charge in [0, 0.05) is 45.5 Å². The normalized spacial score (nSPS) is 17.6. The van der Waals surface area contributed by atoms with Crippen LogP contribution >= 0.6 is 0 Å². The van der Waals surface area contributed by atoms with E-state index >= 15 is 0 Å². The van der Waals surface area contributed by atoms with Crippen molar-refractivity contribution in [3.8, 4) is 11.5 Å². The number of carbonyl (C=O) groups is 3. The van der Waals surface area contributed by atoms with Gasteiger partial charge in [0.15, 0.2) is 12.4 Å². The van der Waals surface area contributed by atoms with E-state index in [9.17, 15) is 19.5 Å². The first-order chi connectivity index (χ1) is 15.8. The van der Waals surface area contributed by atoms with Crippen molar-refractivity contribution in [2.45, 2.75) is 37.9 Å². The van der Waals surface area contributed by atoms with Crippen LogP contribution in [0.4, 0.5) is 0 Å². The quantitative estimate of drug-likeness (QED) is 0.697. The van der Waals surface area contributed by atoms with Crippen LogP contribution in [0.25, 0.3) is 0 Å². The standard InChI is InChI=1S/C25H28N2O6/c1-17(28)27-11-9-25(10-12-27)14-21(29)20-8-7-19(13-23(20)33-25)32-16-24(31)26-15-22(30)18-5-3-2-4-6-18/h2-8,13,22,30H,9-12,14-16H2,1H3,(H,26,31)/t22-/m1/s1. The van der Waals surface area contributed by atoms with E-state index < -0.39 is 11.7 Å². The number of aliphatic hydroxyl groups is 1. The fourth-order valence-electron chi connectivity index (χ4n) is 4.28. The number of rotatable bonds is 6. The first-order valence-electron chi connectivity index (χ1n) is 11.1. The van der Waals surface area contributed by atoms with Gasteiger partial charge < -0.3 is 24.8 Å². The summed E-state index contributed by atoms with van der Waals surface area (Å²) in [7, 11) is 0. The zero-order chi connectivity index (χ0) is 23.4. The van der Waals surface area contributed by atoms with Crippen molar-refractivity contribution in [3.63, 3.8) is 0 Å². The molecule has 1 atom stereocenters. The summed E-state index contributed by atoms with van der Waals surface area (Å²) in [5, 5.41) is 12.8. The summed E-state index contributed by atoms with van der Waals surface area (Å²) < 4.78 is 11.9. The van der Waals surface area contributed by atoms with Gasteiger partial charge in [-0.25, -0.2) is 0 Å². The summed E-state index contributed by atoms with van der Waals surface area (Å²) in [6, 6.07) is 14.0. The van der Waals surface area contributed by atoms with Crippen LogP contribution in [0.15, 0.2) is 48.5 Å². The molecule has 1 spiro atoms. The molecular weight excluding hydrogens is 424 g/mol. The van der Waals surface area contributed by atoms with Crippen molar-refractivity contribution >= 4 is 17.6 Å². The third kappa shape index (κ3) is 5.34. The lowest BCUT2D eigenvalue weighted by molar-refractivity contribution is -0.132. The van der Waals surface area contributed by atoms with Crippen LogP contribution in [0.3, 0.4) is 0 Å². The van der Waals surface area contributed by atoms with Gasteiger partial charge in [-0.3, -0.25) is 14.4 Å². The first kappa shape index (κ1) is 22.8. The number of carbonyl (C=O) groups excluding carboxylic acids is 3. The van der Waals surface area contributed by atoms with Gasteiger partial charge >= 0.3 is 0 Å². The molecule has 33 heavy (non-hydrogen) atoms. The minimum atomic E-state index is -0.802. The molecule has 2 N–H and O–H groups in total. The molecule has 2 amide bonds. The number of fused-ring (bicyclic) bond motifs is 1. The molecular formula is C25H28N2O6. The second-order valence-corrected chi connectivity index (χ2v) is 8.57. The Bertz CT molecular complexity index is 1030. The van der Waals surface area contributed by atoms with E-state index in [4.69, 9.17) is 9.47 Å². The molecule has 2 aliphatic heterocycles. The molecule has 0 aromatic heterocycles. The Morgan fingerprint density at radius 1 is 1.18 bits per heavy atom. The summed E-state index contributed by atoms with van der Waals surface area (Å²) in [5.41, 5.74) is 0.607. The number of ether oxygens (including phenoxy) is 2. The van der Waals surface area contributed by atoms with E-state index in [1.165, 1.54) is 0 Å². The Morgan fingerprint density at radius 2 is 1.91 bits per heavy atom. The highest BCUT2D eigenvalue weighted by Gasteiger charge is 2.43. The minimum absolute atomic E-state index is 0.00622. The number of ketones is 1. The van der Waals surface area contributed by atoms with Crippen LogP contribution in [0.2, 0.25) is 0 Å². The van der Waals surface area contributed by atoms with Crippen LogP contribution in [-0.4, -0.2) is 59.4 Å². The molecule has 0 radical (unpaired) electrons. The van der Waals surface area contributed by atoms with Gasteiger partial charge in [0.1, 0.15) is 17.1 Å². The SMILES string of the molecule is CC(=O)N1CCC2(CC1)CC(=O)c1ccc(OCC(=O)NC[C@@H](O)c3ccccc3)cc1O2. The molecule has 0 bridgehead atoms. The maximum absolute atomic E-state index is 12.7. The van der Waals surface area contributed by atoms with E-state index in [2.05, 4.69) is 5.32 Å². The first-order valence-corrected chi connectivity index (χ1v) is 11.1. The van der Waals surface area contributed by atoms with Crippen molar-refractivity contribution in [2.75, 3.05) is 26.2 Å². The number of benzene rings is 2. The molecule has 1 fully saturated rings. The second kappa shape index (κ2) is 9.62. The maximum Gasteiger partial charge on any atom is 0.258 e. The van der Waals surface area contributed by atoms with E-state index in [1.54, 1.807) is 42.2 Å². The highest BCUT2D eigenvalue weighted by atomic mass is 16.5.